The van der Waals surface area contributed by atoms with Gasteiger partial charge in [-0.3, -0.25) is 24.1 Å². The molecule has 0 spiro atoms. The van der Waals surface area contributed by atoms with Crippen LogP contribution in [0.3, 0.4) is 0 Å². The van der Waals surface area contributed by atoms with E-state index in [-0.39, 0.29) is 212 Å². The van der Waals surface area contributed by atoms with Gasteiger partial charge < -0.3 is 96.3 Å². The fraction of sp³-hybridized carbons (Fsp3) is 0.563. The number of carboxylic acid groups (broad SMARTS) is 3. The summed E-state index contributed by atoms with van der Waals surface area (Å²) in [6.45, 7) is 19.5. The zero-order chi connectivity index (χ0) is 76.9. The predicted molar refractivity (Wildman–Crippen MR) is 390 cm³/mol. The summed E-state index contributed by atoms with van der Waals surface area (Å²) in [4.78, 5) is 92.4. The van der Waals surface area contributed by atoms with Gasteiger partial charge in [-0.05, 0) is 175 Å². The van der Waals surface area contributed by atoms with Crippen molar-refractivity contribution in [2.45, 2.75) is 157 Å². The van der Waals surface area contributed by atoms with Crippen LogP contribution in [0.25, 0.3) is 11.1 Å². The van der Waals surface area contributed by atoms with E-state index < -0.39 is 73.4 Å². The van der Waals surface area contributed by atoms with Crippen LogP contribution >= 0.6 is 45.8 Å². The fourth-order valence-electron chi connectivity index (χ4n) is 15.5. The number of fused-ring (bicyclic) bond motifs is 4. The van der Waals surface area contributed by atoms with E-state index in [4.69, 9.17) is 88.0 Å². The number of rotatable bonds is 20. The van der Waals surface area contributed by atoms with Gasteiger partial charge in [0.1, 0.15) is 42.6 Å². The van der Waals surface area contributed by atoms with Crippen LogP contribution in [0.4, 0.5) is 11.4 Å². The standard InChI is InChI=1S/C34H46ClN3O7.C25H36ClIN2O5.C7H8BNO4.C2H4O2.CH2O3.CH2O.CH4.Cs.K/c1-17-24-13-22(34(24,3)4)14-26(17)36-32(41)30-28(18(2)40)27(16-39)45-38(30)15-19-8-9-25(35)29(31(19)44-7)20-10-21(33(42)43)12-23(11-20)37(5)6;1-12-16-8-15(25(16,3)4)9-18(12)28-24(32)22-20(13(2)31)19(11-30)34-29(22)10-14-6-7-17(26)21(27)23(14)33-5;9-6-2-4(7(10)11)1-5(3-6)8(12)13;1-2(3)4;2-1-4-3;1-2;;;/h8-12,17-18,22,24,26-28,30,39-40H,13-16H2,1-7H3,(H,36,41)(H,42,43);6-7,12-13,15-16,18-20,22,30-31H,8-11H2,1-5H3,(H,28,32);1-3,12-13H,9H2,(H,10,11);1H3,(H,3,4);1,3H;1H2;1H4;;/q;;;;;;;2*+1/p-2/t17-,18-,22+,24-,26-,27-,28+,30-;12-,13-,15+,16-,18-,19-,20+,22?;;;;;;;/m00......./s1. The molecule has 0 radical (unpaired) electrons. The molecule has 6 saturated carbocycles. The SMILES string of the molecule is C.C=O.CC(=O)[O-].COc1c(CN2O[C@@H](CO)[C@@H]([C@H](C)O)C2C(=O)N[C@H]2C[C@H]3C[C@@H]([C@@H]2C)C3(C)C)ccc(Cl)c1I.COc1c(CN2O[C@@H](CO)[C@@H]([C@H](C)O)[C@H]2C(=O)N[C@H]2C[C@H]3C[C@@H]([C@@H]2C)C3(C)C)ccc(Cl)c1-c1cc(C(=O)O)cc(N(C)C)c1.Nc1cc(B(O)O)cc(C(=O)O)c1.O=CO[O-].[Cs+].[K+]. The number of halogens is 3. The largest absolute Gasteiger partial charge is 1.00 e. The summed E-state index contributed by atoms with van der Waals surface area (Å²) < 4.78 is 12.3. The number of carboxylic acids is 3. The van der Waals surface area contributed by atoms with Crippen LogP contribution in [0.5, 0.6) is 11.5 Å². The van der Waals surface area contributed by atoms with Crippen LogP contribution in [0, 0.1) is 61.7 Å². The number of hydrogen-bond acceptors (Lipinski definition) is 24. The Bertz CT molecular complexity index is 3570. The van der Waals surface area contributed by atoms with Gasteiger partial charge in [0.2, 0.25) is 11.8 Å². The number of nitrogen functional groups attached to an aromatic ring is 1. The molecule has 8 fully saturated rings. The van der Waals surface area contributed by atoms with Gasteiger partial charge >= 0.3 is 139 Å². The first-order valence-electron chi connectivity index (χ1n) is 33.0. The maximum Gasteiger partial charge on any atom is 1.00 e. The number of carbonyl (C=O) groups excluding carboxylic acids is 5. The Hall–Kier alpha value is -2.81. The Labute approximate surface area is 739 Å². The Morgan fingerprint density at radius 3 is 1.50 bits per heavy atom. The first kappa shape index (κ1) is 98.3. The molecule has 2 saturated heterocycles. The zero-order valence-electron chi connectivity index (χ0n) is 61.4. The minimum atomic E-state index is -1.71. The van der Waals surface area contributed by atoms with Gasteiger partial charge in [-0.2, -0.15) is 10.1 Å². The number of aromatic carboxylic acids is 2. The van der Waals surface area contributed by atoms with E-state index in [2.05, 4.69) is 79.7 Å². The summed E-state index contributed by atoms with van der Waals surface area (Å²) in [5.41, 5.74) is 9.42. The van der Waals surface area contributed by atoms with Gasteiger partial charge in [0, 0.05) is 72.0 Å². The Kier molecular flexibility index (Phi) is 41.0. The van der Waals surface area contributed by atoms with E-state index >= 15 is 0 Å². The van der Waals surface area contributed by atoms with Crippen molar-refractivity contribution < 1.29 is 229 Å². The number of hydrogen-bond donors (Lipinski definition) is 11. The average molecular weight is 1770 g/mol. The summed E-state index contributed by atoms with van der Waals surface area (Å²) in [5.74, 6) is -0.910. The monoisotopic (exact) mass is 1770 g/mol. The van der Waals surface area contributed by atoms with Gasteiger partial charge in [0.15, 0.2) is 0 Å². The Balaban J connectivity index is 0.000000547. The summed E-state index contributed by atoms with van der Waals surface area (Å²) >= 11 is 15.1. The second kappa shape index (κ2) is 43.9. The van der Waals surface area contributed by atoms with Gasteiger partial charge in [-0.1, -0.05) is 84.3 Å². The molecule has 0 aromatic heterocycles. The van der Waals surface area contributed by atoms with Crippen molar-refractivity contribution in [2.75, 3.05) is 52.2 Å². The van der Waals surface area contributed by atoms with Crippen molar-refractivity contribution in [1.82, 2.24) is 20.8 Å². The number of nitrogens with one attached hydrogen (secondary N) is 2. The molecule has 2 heterocycles. The van der Waals surface area contributed by atoms with E-state index in [9.17, 15) is 44.7 Å². The molecule has 4 aromatic rings. The molecule has 4 bridgehead atoms. The molecule has 34 heteroatoms. The van der Waals surface area contributed by atoms with Crippen molar-refractivity contribution in [2.24, 2.45) is 58.2 Å². The first-order chi connectivity index (χ1) is 47.8. The van der Waals surface area contributed by atoms with Crippen LogP contribution in [-0.2, 0) is 51.6 Å². The maximum atomic E-state index is 14.1. The van der Waals surface area contributed by atoms with Gasteiger partial charge in [-0.25, -0.2) is 9.59 Å². The molecular formula is C71H100BCl2CsIKN6O22. The number of ether oxygens (including phenoxy) is 2. The number of hydroxylamine groups is 4. The van der Waals surface area contributed by atoms with Crippen molar-refractivity contribution in [3.63, 3.8) is 0 Å². The third-order valence-electron chi connectivity index (χ3n) is 21.0. The minimum Gasteiger partial charge on any atom is -0.662 e. The molecule has 4 aromatic carbocycles. The molecule has 16 atom stereocenters. The Morgan fingerprint density at radius 1 is 0.752 bits per heavy atom. The smallest absolute Gasteiger partial charge is 0.662 e. The predicted octanol–water partition coefficient (Wildman–Crippen LogP) is -1.65. The second-order valence-corrected chi connectivity index (χ2v) is 29.8. The maximum absolute atomic E-state index is 14.1. The summed E-state index contributed by atoms with van der Waals surface area (Å²) in [7, 11) is 5.03. The number of anilines is 2. The molecule has 28 nitrogen and oxygen atoms in total. The first-order valence-corrected chi connectivity index (χ1v) is 34.8. The van der Waals surface area contributed by atoms with Crippen molar-refractivity contribution >= 4 is 113 Å². The molecule has 8 aliphatic rings. The Morgan fingerprint density at radius 2 is 1.15 bits per heavy atom. The zero-order valence-corrected chi connectivity index (χ0v) is 74.4. The number of aliphatic carboxylic acids is 1. The number of aliphatic hydroxyl groups is 4. The molecule has 6 aliphatic carbocycles. The quantitative estimate of drug-likeness (QED) is 0.0118. The van der Waals surface area contributed by atoms with Crippen LogP contribution in [-0.4, -0.2) is 191 Å². The second-order valence-electron chi connectivity index (χ2n) is 27.9. The van der Waals surface area contributed by atoms with Gasteiger partial charge in [0.05, 0.1) is 77.5 Å². The molecular weight excluding hydrogens is 1670 g/mol. The third kappa shape index (κ3) is 23.9. The molecule has 1 unspecified atom stereocenters. The number of carbonyl (C=O) groups is 7. The van der Waals surface area contributed by atoms with E-state index in [1.807, 2.05) is 37.9 Å². The number of nitrogens with two attached hydrogens (primary N) is 1. The van der Waals surface area contributed by atoms with Crippen LogP contribution in [0.15, 0.2) is 60.7 Å². The normalized spacial score (nSPS) is 25.8. The average Bonchev–Trinajstić information content (AvgIpc) is 1.37. The van der Waals surface area contributed by atoms with Crippen molar-refractivity contribution in [1.29, 1.82) is 0 Å². The fourth-order valence-corrected chi connectivity index (χ4v) is 16.7. The van der Waals surface area contributed by atoms with E-state index in [0.29, 0.717) is 84.8 Å². The molecule has 105 heavy (non-hydrogen) atoms. The number of benzene rings is 4. The van der Waals surface area contributed by atoms with Gasteiger partial charge in [-0.15, -0.1) is 0 Å². The van der Waals surface area contributed by atoms with Crippen molar-refractivity contribution in [3.05, 3.63) is 96.5 Å². The molecule has 2 aliphatic heterocycles. The number of amides is 2. The van der Waals surface area contributed by atoms with Crippen LogP contribution < -0.4 is 167 Å². The molecule has 572 valence electrons. The number of aliphatic hydroxyl groups excluding tert-OH is 4. The number of nitrogens with zero attached hydrogens (tertiary/aromatic N) is 3. The van der Waals surface area contributed by atoms with Crippen LogP contribution in [0.1, 0.15) is 127 Å². The number of methoxy groups -OCH3 is 2. The van der Waals surface area contributed by atoms with E-state index in [1.165, 1.54) is 37.1 Å². The van der Waals surface area contributed by atoms with E-state index in [1.54, 1.807) is 56.4 Å². The van der Waals surface area contributed by atoms with E-state index in [0.717, 1.165) is 35.0 Å². The topological polar surface area (TPSA) is 433 Å². The third-order valence-corrected chi connectivity index (χ3v) is 23.1. The molecule has 12 rings (SSSR count). The minimum absolute atomic E-state index is 0. The summed E-state index contributed by atoms with van der Waals surface area (Å²) in [6.07, 6.45) is 1.07. The summed E-state index contributed by atoms with van der Waals surface area (Å²) in [5, 5.41) is 105. The molecule has 2 amide bonds. The van der Waals surface area contributed by atoms with Gasteiger partial charge in [0.25, 0.3) is 6.47 Å². The summed E-state index contributed by atoms with van der Waals surface area (Å²) in [6, 6.07) is 14.3. The van der Waals surface area contributed by atoms with Crippen LogP contribution in [0.2, 0.25) is 10.0 Å². The van der Waals surface area contributed by atoms with Crippen molar-refractivity contribution in [3.8, 4) is 22.6 Å². The molecule has 12 N–H and O–H groups in total.